The topological polar surface area (TPSA) is 111 Å². The third-order valence-corrected chi connectivity index (χ3v) is 8.67. The zero-order chi connectivity index (χ0) is 36.5. The molecule has 0 saturated carbocycles. The Morgan fingerprint density at radius 3 is 1.73 bits per heavy atom. The number of esters is 2. The summed E-state index contributed by atoms with van der Waals surface area (Å²) in [5.41, 5.74) is 0. The second-order valence-electron chi connectivity index (χ2n) is 13.7. The Labute approximate surface area is 299 Å². The predicted octanol–water partition coefficient (Wildman–Crippen LogP) is 9.33. The summed E-state index contributed by atoms with van der Waals surface area (Å²) in [4.78, 5) is 37.3. The van der Waals surface area contributed by atoms with E-state index in [1.54, 1.807) is 0 Å². The standard InChI is InChI=1S/C39H70NO8P/c1-6-8-10-12-14-16-18-19-20-21-22-24-26-28-30-32-39(42)48-37(36-47-49(43,44)46-34-33-40(3,4)5)35-45-38(41)31-29-27-25-23-17-15-13-11-9-7-2/h8,10,12,14,16,18-20,37H,6-7,9,11,13,15,17,21-36H2,1-5H3/b10-8+,14-12+,18-16+,20-19+/t37-/m1/s1. The van der Waals surface area contributed by atoms with Crippen molar-refractivity contribution in [3.05, 3.63) is 48.6 Å². The van der Waals surface area contributed by atoms with Gasteiger partial charge in [0.25, 0.3) is 7.82 Å². The van der Waals surface area contributed by atoms with E-state index in [-0.39, 0.29) is 26.1 Å². The molecule has 0 aromatic rings. The fourth-order valence-corrected chi connectivity index (χ4v) is 5.45. The second kappa shape index (κ2) is 31.9. The number of likely N-dealkylation sites (N-methyl/N-ethyl adjacent to an activating group) is 1. The van der Waals surface area contributed by atoms with Crippen LogP contribution in [0.1, 0.15) is 136 Å². The summed E-state index contributed by atoms with van der Waals surface area (Å²) in [7, 11) is 1.14. The number of carbonyl (C=O) groups excluding carboxylic acids is 2. The van der Waals surface area contributed by atoms with Gasteiger partial charge in [-0.15, -0.1) is 0 Å². The van der Waals surface area contributed by atoms with E-state index in [0.29, 0.717) is 17.4 Å². The fraction of sp³-hybridized carbons (Fsp3) is 0.744. The molecule has 10 heteroatoms. The maximum Gasteiger partial charge on any atom is 0.306 e. The molecule has 0 aliphatic rings. The number of hydrogen-bond donors (Lipinski definition) is 0. The van der Waals surface area contributed by atoms with Crippen LogP contribution in [0.2, 0.25) is 0 Å². The van der Waals surface area contributed by atoms with Crippen LogP contribution in [0.5, 0.6) is 0 Å². The van der Waals surface area contributed by atoms with Gasteiger partial charge in [0.1, 0.15) is 19.8 Å². The number of phosphoric acid groups is 1. The van der Waals surface area contributed by atoms with Crippen molar-refractivity contribution < 1.29 is 42.1 Å². The van der Waals surface area contributed by atoms with Crippen LogP contribution in [0.4, 0.5) is 0 Å². The van der Waals surface area contributed by atoms with Crippen LogP contribution in [0, 0.1) is 0 Å². The van der Waals surface area contributed by atoms with Crippen molar-refractivity contribution in [2.45, 2.75) is 142 Å². The molecule has 9 nitrogen and oxygen atoms in total. The molecule has 0 bridgehead atoms. The third-order valence-electron chi connectivity index (χ3n) is 7.71. The summed E-state index contributed by atoms with van der Waals surface area (Å²) in [6.45, 7) is 4.02. The van der Waals surface area contributed by atoms with Gasteiger partial charge in [0.15, 0.2) is 6.10 Å². The number of phosphoric ester groups is 1. The molecule has 0 amide bonds. The Morgan fingerprint density at radius 1 is 0.653 bits per heavy atom. The molecule has 49 heavy (non-hydrogen) atoms. The van der Waals surface area contributed by atoms with E-state index < -0.39 is 32.5 Å². The van der Waals surface area contributed by atoms with Gasteiger partial charge in [0.05, 0.1) is 27.7 Å². The lowest BCUT2D eigenvalue weighted by molar-refractivity contribution is -0.870. The number of quaternary nitrogens is 1. The van der Waals surface area contributed by atoms with Crippen LogP contribution in [0.3, 0.4) is 0 Å². The van der Waals surface area contributed by atoms with Crippen molar-refractivity contribution in [3.8, 4) is 0 Å². The molecule has 0 aromatic carbocycles. The predicted molar refractivity (Wildman–Crippen MR) is 199 cm³/mol. The maximum atomic E-state index is 12.6. The Morgan fingerprint density at radius 2 is 1.16 bits per heavy atom. The molecule has 0 fully saturated rings. The van der Waals surface area contributed by atoms with E-state index >= 15 is 0 Å². The summed E-state index contributed by atoms with van der Waals surface area (Å²) < 4.78 is 33.7. The van der Waals surface area contributed by atoms with Gasteiger partial charge in [-0.2, -0.15) is 0 Å². The van der Waals surface area contributed by atoms with E-state index in [0.717, 1.165) is 57.8 Å². The lowest BCUT2D eigenvalue weighted by Gasteiger charge is -2.28. The zero-order valence-corrected chi connectivity index (χ0v) is 32.5. The van der Waals surface area contributed by atoms with Gasteiger partial charge in [-0.3, -0.25) is 14.2 Å². The van der Waals surface area contributed by atoms with Crippen LogP contribution in [0.15, 0.2) is 48.6 Å². The van der Waals surface area contributed by atoms with E-state index in [4.69, 9.17) is 18.5 Å². The molecule has 0 rings (SSSR count). The highest BCUT2D eigenvalue weighted by Crippen LogP contribution is 2.38. The zero-order valence-electron chi connectivity index (χ0n) is 31.6. The normalized spacial score (nSPS) is 14.3. The Bertz CT molecular complexity index is 986. The average Bonchev–Trinajstić information content (AvgIpc) is 3.04. The number of hydrogen-bond acceptors (Lipinski definition) is 8. The summed E-state index contributed by atoms with van der Waals surface area (Å²) in [6.07, 6.45) is 34.2. The smallest absolute Gasteiger partial charge is 0.306 e. The van der Waals surface area contributed by atoms with Gasteiger partial charge in [0, 0.05) is 12.8 Å². The number of rotatable bonds is 33. The van der Waals surface area contributed by atoms with Crippen molar-refractivity contribution in [1.29, 1.82) is 0 Å². The number of unbranched alkanes of at least 4 members (excludes halogenated alkanes) is 14. The monoisotopic (exact) mass is 711 g/mol. The first-order valence-corrected chi connectivity index (χ1v) is 20.4. The molecule has 0 aromatic heterocycles. The first kappa shape index (κ1) is 47.0. The van der Waals surface area contributed by atoms with E-state index in [1.807, 2.05) is 51.5 Å². The summed E-state index contributed by atoms with van der Waals surface area (Å²) in [5.74, 6) is -0.868. The number of ether oxygens (including phenoxy) is 2. The second-order valence-corrected chi connectivity index (χ2v) is 15.1. The molecule has 284 valence electrons. The first-order chi connectivity index (χ1) is 23.5. The van der Waals surface area contributed by atoms with Gasteiger partial charge in [-0.25, -0.2) is 0 Å². The van der Waals surface area contributed by atoms with Gasteiger partial charge in [0.2, 0.25) is 0 Å². The van der Waals surface area contributed by atoms with Crippen molar-refractivity contribution in [1.82, 2.24) is 0 Å². The highest BCUT2D eigenvalue weighted by molar-refractivity contribution is 7.45. The van der Waals surface area contributed by atoms with Crippen molar-refractivity contribution in [3.63, 3.8) is 0 Å². The van der Waals surface area contributed by atoms with Crippen LogP contribution in [0.25, 0.3) is 0 Å². The molecular formula is C39H70NO8P. The number of allylic oxidation sites excluding steroid dienone is 8. The van der Waals surface area contributed by atoms with Crippen molar-refractivity contribution >= 4 is 19.8 Å². The summed E-state index contributed by atoms with van der Waals surface area (Å²) >= 11 is 0. The molecule has 0 spiro atoms. The Balaban J connectivity index is 4.50. The van der Waals surface area contributed by atoms with Crippen LogP contribution in [-0.2, 0) is 32.7 Å². The quantitative estimate of drug-likeness (QED) is 0.0218. The summed E-state index contributed by atoms with van der Waals surface area (Å²) in [6, 6.07) is 0. The van der Waals surface area contributed by atoms with Crippen LogP contribution < -0.4 is 4.89 Å². The number of nitrogens with zero attached hydrogens (tertiary/aromatic N) is 1. The van der Waals surface area contributed by atoms with E-state index in [9.17, 15) is 19.0 Å². The van der Waals surface area contributed by atoms with Gasteiger partial charge in [-0.05, 0) is 32.1 Å². The SMILES string of the molecule is CC/C=C/C=C/C=C/C=C/CCCCCCCC(=O)O[C@H](COC(=O)CCCCCCCCCCCC)COP(=O)([O-])OCC[N+](C)(C)C. The highest BCUT2D eigenvalue weighted by atomic mass is 31.2. The van der Waals surface area contributed by atoms with Crippen molar-refractivity contribution in [2.75, 3.05) is 47.5 Å². The largest absolute Gasteiger partial charge is 0.756 e. The fourth-order valence-electron chi connectivity index (χ4n) is 4.72. The molecular weight excluding hydrogens is 641 g/mol. The maximum absolute atomic E-state index is 12.6. The Kier molecular flexibility index (Phi) is 30.6. The third kappa shape index (κ3) is 35.6. The van der Waals surface area contributed by atoms with Gasteiger partial charge < -0.3 is 27.9 Å². The molecule has 2 atom stereocenters. The molecule has 1 unspecified atom stereocenters. The molecule has 0 aliphatic carbocycles. The number of carbonyl (C=O) groups is 2. The molecule has 0 heterocycles. The molecule has 0 N–H and O–H groups in total. The summed E-state index contributed by atoms with van der Waals surface area (Å²) in [5, 5.41) is 0. The van der Waals surface area contributed by atoms with E-state index in [1.165, 1.54) is 44.9 Å². The lowest BCUT2D eigenvalue weighted by Crippen LogP contribution is -2.37. The van der Waals surface area contributed by atoms with Gasteiger partial charge >= 0.3 is 11.9 Å². The molecule has 0 radical (unpaired) electrons. The minimum absolute atomic E-state index is 0.0370. The van der Waals surface area contributed by atoms with Crippen LogP contribution >= 0.6 is 7.82 Å². The Hall–Kier alpha value is -2.03. The highest BCUT2D eigenvalue weighted by Gasteiger charge is 2.21. The van der Waals surface area contributed by atoms with Crippen molar-refractivity contribution in [2.24, 2.45) is 0 Å². The van der Waals surface area contributed by atoms with E-state index in [2.05, 4.69) is 32.1 Å². The average molecular weight is 712 g/mol. The minimum atomic E-state index is -4.62. The molecule has 0 aliphatic heterocycles. The van der Waals surface area contributed by atoms with Crippen LogP contribution in [-0.4, -0.2) is 70.0 Å². The first-order valence-electron chi connectivity index (χ1n) is 18.9. The van der Waals surface area contributed by atoms with Gasteiger partial charge in [-0.1, -0.05) is 140 Å². The minimum Gasteiger partial charge on any atom is -0.756 e. The lowest BCUT2D eigenvalue weighted by atomic mass is 10.1. The molecule has 0 saturated heterocycles.